The van der Waals surface area contributed by atoms with E-state index in [9.17, 15) is 0 Å². The highest BCUT2D eigenvalue weighted by Gasteiger charge is 2.38. The molecule has 0 saturated heterocycles. The van der Waals surface area contributed by atoms with Crippen LogP contribution in [0.4, 0.5) is 0 Å². The molecule has 1 aromatic heterocycles. The van der Waals surface area contributed by atoms with E-state index < -0.39 is 0 Å². The highest BCUT2D eigenvalue weighted by molar-refractivity contribution is 5.84. The van der Waals surface area contributed by atoms with Crippen LogP contribution in [0.5, 0.6) is 5.75 Å². The summed E-state index contributed by atoms with van der Waals surface area (Å²) in [5.74, 6) is 1.02. The third kappa shape index (κ3) is 3.27. The van der Waals surface area contributed by atoms with Crippen LogP contribution >= 0.6 is 0 Å². The number of hydrogen-bond acceptors (Lipinski definition) is 3. The Bertz CT molecular complexity index is 689. The van der Waals surface area contributed by atoms with Gasteiger partial charge in [0.1, 0.15) is 5.75 Å². The Morgan fingerprint density at radius 1 is 1.25 bits per heavy atom. The molecule has 3 rings (SSSR count). The Morgan fingerprint density at radius 2 is 2.00 bits per heavy atom. The predicted molar refractivity (Wildman–Crippen MR) is 100 cm³/mol. The first kappa shape index (κ1) is 17.2. The molecular weight excluding hydrogens is 296 g/mol. The second-order valence-electron chi connectivity index (χ2n) is 7.39. The third-order valence-corrected chi connectivity index (χ3v) is 6.09. The number of rotatable bonds is 5. The number of fused-ring (bicyclic) bond motifs is 1. The van der Waals surface area contributed by atoms with Crippen molar-refractivity contribution in [1.82, 2.24) is 4.98 Å². The number of nitrogens with two attached hydrogens (primary N) is 1. The molecule has 0 unspecified atom stereocenters. The van der Waals surface area contributed by atoms with E-state index >= 15 is 0 Å². The first-order chi connectivity index (χ1) is 11.6. The Kier molecular flexibility index (Phi) is 5.09. The molecule has 1 saturated carbocycles. The van der Waals surface area contributed by atoms with E-state index in [1.54, 1.807) is 0 Å². The van der Waals surface area contributed by atoms with Gasteiger partial charge in [-0.15, -0.1) is 0 Å². The first-order valence-corrected chi connectivity index (χ1v) is 9.34. The van der Waals surface area contributed by atoms with E-state index in [1.807, 2.05) is 18.5 Å². The van der Waals surface area contributed by atoms with Gasteiger partial charge in [-0.05, 0) is 80.0 Å². The van der Waals surface area contributed by atoms with Crippen LogP contribution in [0.1, 0.15) is 57.9 Å². The van der Waals surface area contributed by atoms with Crippen molar-refractivity contribution in [3.63, 3.8) is 0 Å². The average Bonchev–Trinajstić information content (AvgIpc) is 2.62. The monoisotopic (exact) mass is 326 g/mol. The molecule has 0 spiro atoms. The average molecular weight is 326 g/mol. The molecule has 1 aromatic carbocycles. The van der Waals surface area contributed by atoms with E-state index in [0.717, 1.165) is 25.0 Å². The quantitative estimate of drug-likeness (QED) is 0.841. The molecule has 1 heterocycles. The van der Waals surface area contributed by atoms with Crippen molar-refractivity contribution in [1.29, 1.82) is 0 Å². The van der Waals surface area contributed by atoms with E-state index in [1.165, 1.54) is 35.6 Å². The van der Waals surface area contributed by atoms with Gasteiger partial charge in [0.25, 0.3) is 0 Å². The van der Waals surface area contributed by atoms with Crippen molar-refractivity contribution in [3.8, 4) is 5.75 Å². The maximum absolute atomic E-state index is 6.43. The molecule has 1 atom stereocenters. The molecule has 2 aromatic rings. The molecule has 3 heteroatoms. The molecule has 130 valence electrons. The van der Waals surface area contributed by atoms with E-state index in [-0.39, 0.29) is 0 Å². The van der Waals surface area contributed by atoms with Crippen molar-refractivity contribution in [2.24, 2.45) is 11.1 Å². The van der Waals surface area contributed by atoms with E-state index in [0.29, 0.717) is 17.6 Å². The Labute approximate surface area is 145 Å². The van der Waals surface area contributed by atoms with Crippen LogP contribution < -0.4 is 10.5 Å². The predicted octanol–water partition coefficient (Wildman–Crippen LogP) is 5.00. The molecule has 0 radical (unpaired) electrons. The van der Waals surface area contributed by atoms with E-state index in [4.69, 9.17) is 10.5 Å². The fourth-order valence-corrected chi connectivity index (χ4v) is 4.24. The lowest BCUT2D eigenvalue weighted by atomic mass is 9.66. The van der Waals surface area contributed by atoms with Crippen LogP contribution in [0.2, 0.25) is 0 Å². The zero-order valence-electron chi connectivity index (χ0n) is 15.2. The second kappa shape index (κ2) is 7.10. The lowest BCUT2D eigenvalue weighted by molar-refractivity contribution is 0.0565. The van der Waals surface area contributed by atoms with Gasteiger partial charge >= 0.3 is 0 Å². The molecule has 1 aliphatic rings. The third-order valence-electron chi connectivity index (χ3n) is 6.09. The van der Waals surface area contributed by atoms with Crippen LogP contribution in [0.3, 0.4) is 0 Å². The minimum absolute atomic E-state index is 0.312. The van der Waals surface area contributed by atoms with Gasteiger partial charge in [0.15, 0.2) is 0 Å². The number of aryl methyl sites for hydroxylation is 1. The SMILES string of the molecule is CC[C@H](N)C1(CC)CCC(Oc2cc3ccncc3cc2C)CC1. The molecule has 1 fully saturated rings. The summed E-state index contributed by atoms with van der Waals surface area (Å²) in [6, 6.07) is 6.69. The molecule has 24 heavy (non-hydrogen) atoms. The first-order valence-electron chi connectivity index (χ1n) is 9.34. The summed E-state index contributed by atoms with van der Waals surface area (Å²) in [6.07, 6.45) is 10.9. The maximum atomic E-state index is 6.43. The molecular formula is C21H30N2O. The lowest BCUT2D eigenvalue weighted by Crippen LogP contribution is -2.45. The normalized spacial score (nSPS) is 25.6. The fourth-order valence-electron chi connectivity index (χ4n) is 4.24. The highest BCUT2D eigenvalue weighted by Crippen LogP contribution is 2.43. The molecule has 0 bridgehead atoms. The highest BCUT2D eigenvalue weighted by atomic mass is 16.5. The van der Waals surface area contributed by atoms with Crippen LogP contribution in [0, 0.1) is 12.3 Å². The maximum Gasteiger partial charge on any atom is 0.123 e. The standard InChI is InChI=1S/C21H30N2O/c1-4-20(22)21(5-2)9-6-18(7-10-21)24-19-13-16-8-11-23-14-17(16)12-15(19)3/h8,11-14,18,20H,4-7,9-10,22H2,1-3H3/t18?,20-,21?/m0/s1. The van der Waals surface area contributed by atoms with Crippen LogP contribution in [-0.2, 0) is 0 Å². The van der Waals surface area contributed by atoms with Gasteiger partial charge in [-0.3, -0.25) is 4.98 Å². The summed E-state index contributed by atoms with van der Waals surface area (Å²) in [5.41, 5.74) is 7.94. The summed E-state index contributed by atoms with van der Waals surface area (Å²) in [6.45, 7) is 6.62. The topological polar surface area (TPSA) is 48.1 Å². The Balaban J connectivity index is 1.71. The van der Waals surface area contributed by atoms with Crippen molar-refractivity contribution in [3.05, 3.63) is 36.2 Å². The molecule has 2 N–H and O–H groups in total. The van der Waals surface area contributed by atoms with Gasteiger partial charge in [0.05, 0.1) is 6.10 Å². The summed E-state index contributed by atoms with van der Waals surface area (Å²) < 4.78 is 6.38. The zero-order chi connectivity index (χ0) is 17.2. The Hall–Kier alpha value is -1.61. The van der Waals surface area contributed by atoms with Crippen LogP contribution in [0.15, 0.2) is 30.6 Å². The number of aromatic nitrogens is 1. The van der Waals surface area contributed by atoms with Gasteiger partial charge in [-0.25, -0.2) is 0 Å². The minimum atomic E-state index is 0.312. The van der Waals surface area contributed by atoms with Gasteiger partial charge in [0, 0.05) is 23.8 Å². The number of hydrogen-bond donors (Lipinski definition) is 1. The molecule has 0 aliphatic heterocycles. The lowest BCUT2D eigenvalue weighted by Gasteiger charge is -2.43. The van der Waals surface area contributed by atoms with E-state index in [2.05, 4.69) is 37.9 Å². The number of nitrogens with zero attached hydrogens (tertiary/aromatic N) is 1. The summed E-state index contributed by atoms with van der Waals surface area (Å²) in [4.78, 5) is 4.20. The summed E-state index contributed by atoms with van der Waals surface area (Å²) >= 11 is 0. The fraction of sp³-hybridized carbons (Fsp3) is 0.571. The van der Waals surface area contributed by atoms with Crippen molar-refractivity contribution in [2.75, 3.05) is 0 Å². The molecule has 3 nitrogen and oxygen atoms in total. The minimum Gasteiger partial charge on any atom is -0.490 e. The number of benzene rings is 1. The van der Waals surface area contributed by atoms with Gasteiger partial charge in [0.2, 0.25) is 0 Å². The summed E-state index contributed by atoms with van der Waals surface area (Å²) in [5, 5.41) is 2.36. The van der Waals surface area contributed by atoms with Crippen LogP contribution in [-0.4, -0.2) is 17.1 Å². The summed E-state index contributed by atoms with van der Waals surface area (Å²) in [7, 11) is 0. The number of ether oxygens (including phenoxy) is 1. The Morgan fingerprint density at radius 3 is 2.67 bits per heavy atom. The smallest absolute Gasteiger partial charge is 0.123 e. The van der Waals surface area contributed by atoms with Gasteiger partial charge < -0.3 is 10.5 Å². The molecule has 1 aliphatic carbocycles. The molecule has 0 amide bonds. The van der Waals surface area contributed by atoms with Crippen molar-refractivity contribution < 1.29 is 4.74 Å². The van der Waals surface area contributed by atoms with Gasteiger partial charge in [-0.2, -0.15) is 0 Å². The van der Waals surface area contributed by atoms with Crippen molar-refractivity contribution in [2.45, 2.75) is 71.4 Å². The number of pyridine rings is 1. The zero-order valence-corrected chi connectivity index (χ0v) is 15.2. The van der Waals surface area contributed by atoms with Crippen LogP contribution in [0.25, 0.3) is 10.8 Å². The van der Waals surface area contributed by atoms with Gasteiger partial charge in [-0.1, -0.05) is 13.8 Å². The largest absolute Gasteiger partial charge is 0.490 e. The second-order valence-corrected chi connectivity index (χ2v) is 7.39. The van der Waals surface area contributed by atoms with Crippen molar-refractivity contribution >= 4 is 10.8 Å².